The van der Waals surface area contributed by atoms with Crippen molar-refractivity contribution in [3.63, 3.8) is 0 Å². The molecule has 0 amide bonds. The van der Waals surface area contributed by atoms with Crippen LogP contribution in [0.4, 0.5) is 0 Å². The van der Waals surface area contributed by atoms with E-state index in [2.05, 4.69) is 4.90 Å². The summed E-state index contributed by atoms with van der Waals surface area (Å²) in [5.74, 6) is 0.818. The fourth-order valence-electron chi connectivity index (χ4n) is 2.94. The number of fused-ring (bicyclic) bond motifs is 1. The Morgan fingerprint density at radius 2 is 2.19 bits per heavy atom. The third kappa shape index (κ3) is 2.55. The van der Waals surface area contributed by atoms with Crippen molar-refractivity contribution in [2.45, 2.75) is 38.9 Å². The molecule has 1 aliphatic carbocycles. The van der Waals surface area contributed by atoms with Crippen LogP contribution in [-0.4, -0.2) is 47.8 Å². The summed E-state index contributed by atoms with van der Waals surface area (Å²) in [7, 11) is 0. The quantitative estimate of drug-likeness (QED) is 0.719. The van der Waals surface area contributed by atoms with E-state index < -0.39 is 0 Å². The Bertz CT molecular complexity index is 267. The molecular formula is C12H21NO3. The lowest BCUT2D eigenvalue weighted by molar-refractivity contribution is -0.148. The van der Waals surface area contributed by atoms with E-state index in [0.29, 0.717) is 18.4 Å². The van der Waals surface area contributed by atoms with Crippen molar-refractivity contribution in [1.82, 2.24) is 4.90 Å². The highest BCUT2D eigenvalue weighted by Crippen LogP contribution is 2.37. The molecule has 16 heavy (non-hydrogen) atoms. The Labute approximate surface area is 96.6 Å². The molecule has 92 valence electrons. The minimum absolute atomic E-state index is 0.0415. The number of carbonyl (C=O) groups excluding carboxylic acids is 1. The van der Waals surface area contributed by atoms with Crippen molar-refractivity contribution in [1.29, 1.82) is 0 Å². The summed E-state index contributed by atoms with van der Waals surface area (Å²) in [5.41, 5.74) is 0. The molecule has 2 rings (SSSR count). The molecule has 1 saturated heterocycles. The molecule has 4 heteroatoms. The molecular weight excluding hydrogens is 206 g/mol. The van der Waals surface area contributed by atoms with Crippen LogP contribution in [-0.2, 0) is 9.53 Å². The zero-order valence-electron chi connectivity index (χ0n) is 10.1. The maximum atomic E-state index is 11.5. The minimum atomic E-state index is -0.156. The summed E-state index contributed by atoms with van der Waals surface area (Å²) in [4.78, 5) is 13.6. The SMILES string of the molecule is CC(C)OC(=O)CN1CC2CCC(O)C2C1. The van der Waals surface area contributed by atoms with Crippen molar-refractivity contribution in [2.75, 3.05) is 19.6 Å². The Balaban J connectivity index is 1.79. The fourth-order valence-corrected chi connectivity index (χ4v) is 2.94. The van der Waals surface area contributed by atoms with Gasteiger partial charge in [-0.05, 0) is 32.6 Å². The molecule has 1 aliphatic heterocycles. The van der Waals surface area contributed by atoms with E-state index in [0.717, 1.165) is 25.9 Å². The first kappa shape index (κ1) is 11.9. The van der Waals surface area contributed by atoms with Crippen LogP contribution in [0.25, 0.3) is 0 Å². The van der Waals surface area contributed by atoms with Crippen molar-refractivity contribution in [3.8, 4) is 0 Å². The number of aliphatic hydroxyl groups is 1. The van der Waals surface area contributed by atoms with Gasteiger partial charge in [0.15, 0.2) is 0 Å². The highest BCUT2D eigenvalue weighted by molar-refractivity contribution is 5.71. The third-order valence-corrected chi connectivity index (χ3v) is 3.61. The molecule has 0 aromatic rings. The van der Waals surface area contributed by atoms with Crippen LogP contribution in [0.2, 0.25) is 0 Å². The molecule has 0 bridgehead atoms. The molecule has 1 heterocycles. The van der Waals surface area contributed by atoms with Crippen LogP contribution < -0.4 is 0 Å². The van der Waals surface area contributed by atoms with E-state index in [1.54, 1.807) is 0 Å². The van der Waals surface area contributed by atoms with Gasteiger partial charge in [0.05, 0.1) is 18.8 Å². The summed E-state index contributed by atoms with van der Waals surface area (Å²) in [6.45, 7) is 5.88. The van der Waals surface area contributed by atoms with Crippen LogP contribution in [0.15, 0.2) is 0 Å². The Morgan fingerprint density at radius 3 is 2.81 bits per heavy atom. The predicted molar refractivity (Wildman–Crippen MR) is 59.9 cm³/mol. The van der Waals surface area contributed by atoms with Gasteiger partial charge in [0.1, 0.15) is 0 Å². The fraction of sp³-hybridized carbons (Fsp3) is 0.917. The lowest BCUT2D eigenvalue weighted by atomic mass is 10.00. The molecule has 0 aromatic carbocycles. The maximum Gasteiger partial charge on any atom is 0.320 e. The Kier molecular flexibility index (Phi) is 3.50. The van der Waals surface area contributed by atoms with Crippen LogP contribution >= 0.6 is 0 Å². The van der Waals surface area contributed by atoms with E-state index >= 15 is 0 Å². The number of rotatable bonds is 3. The van der Waals surface area contributed by atoms with Gasteiger partial charge in [-0.25, -0.2) is 0 Å². The summed E-state index contributed by atoms with van der Waals surface area (Å²) in [6, 6.07) is 0. The lowest BCUT2D eigenvalue weighted by Crippen LogP contribution is -2.32. The zero-order chi connectivity index (χ0) is 11.7. The van der Waals surface area contributed by atoms with Gasteiger partial charge in [0.2, 0.25) is 0 Å². The van der Waals surface area contributed by atoms with E-state index in [-0.39, 0.29) is 18.2 Å². The lowest BCUT2D eigenvalue weighted by Gasteiger charge is -2.17. The van der Waals surface area contributed by atoms with Crippen molar-refractivity contribution < 1.29 is 14.6 Å². The van der Waals surface area contributed by atoms with Gasteiger partial charge in [-0.3, -0.25) is 9.69 Å². The van der Waals surface area contributed by atoms with Crippen molar-refractivity contribution in [3.05, 3.63) is 0 Å². The summed E-state index contributed by atoms with van der Waals surface area (Å²) in [6.07, 6.45) is 1.83. The molecule has 1 N–H and O–H groups in total. The Morgan fingerprint density at radius 1 is 1.44 bits per heavy atom. The van der Waals surface area contributed by atoms with Crippen LogP contribution in [0.1, 0.15) is 26.7 Å². The summed E-state index contributed by atoms with van der Waals surface area (Å²) in [5, 5.41) is 9.75. The Hall–Kier alpha value is -0.610. The minimum Gasteiger partial charge on any atom is -0.462 e. The second-order valence-corrected chi connectivity index (χ2v) is 5.30. The first-order chi connectivity index (χ1) is 7.56. The maximum absolute atomic E-state index is 11.5. The molecule has 2 fully saturated rings. The van der Waals surface area contributed by atoms with Gasteiger partial charge < -0.3 is 9.84 Å². The molecule has 1 saturated carbocycles. The van der Waals surface area contributed by atoms with E-state index in [1.165, 1.54) is 0 Å². The predicted octanol–water partition coefficient (Wildman–Crippen LogP) is 0.641. The highest BCUT2D eigenvalue weighted by atomic mass is 16.5. The normalized spacial score (nSPS) is 34.4. The molecule has 0 aromatic heterocycles. The first-order valence-electron chi connectivity index (χ1n) is 6.16. The second-order valence-electron chi connectivity index (χ2n) is 5.30. The highest BCUT2D eigenvalue weighted by Gasteiger charge is 2.42. The van der Waals surface area contributed by atoms with E-state index in [9.17, 15) is 9.90 Å². The second kappa shape index (κ2) is 4.72. The molecule has 4 nitrogen and oxygen atoms in total. The topological polar surface area (TPSA) is 49.8 Å². The van der Waals surface area contributed by atoms with Gasteiger partial charge in [-0.2, -0.15) is 0 Å². The number of likely N-dealkylation sites (tertiary alicyclic amines) is 1. The molecule has 0 radical (unpaired) electrons. The van der Waals surface area contributed by atoms with Crippen LogP contribution in [0.3, 0.4) is 0 Å². The smallest absolute Gasteiger partial charge is 0.320 e. The molecule has 3 atom stereocenters. The third-order valence-electron chi connectivity index (χ3n) is 3.61. The largest absolute Gasteiger partial charge is 0.462 e. The number of aliphatic hydroxyl groups excluding tert-OH is 1. The number of nitrogens with zero attached hydrogens (tertiary/aromatic N) is 1. The average molecular weight is 227 g/mol. The first-order valence-corrected chi connectivity index (χ1v) is 6.16. The van der Waals surface area contributed by atoms with Gasteiger partial charge >= 0.3 is 5.97 Å². The molecule has 0 spiro atoms. The number of ether oxygens (including phenoxy) is 1. The number of hydrogen-bond donors (Lipinski definition) is 1. The van der Waals surface area contributed by atoms with E-state index in [1.807, 2.05) is 13.8 Å². The van der Waals surface area contributed by atoms with Gasteiger partial charge in [-0.1, -0.05) is 0 Å². The van der Waals surface area contributed by atoms with Crippen LogP contribution in [0.5, 0.6) is 0 Å². The zero-order valence-corrected chi connectivity index (χ0v) is 10.1. The molecule has 3 unspecified atom stereocenters. The number of hydrogen-bond acceptors (Lipinski definition) is 4. The van der Waals surface area contributed by atoms with Gasteiger partial charge in [0.25, 0.3) is 0 Å². The summed E-state index contributed by atoms with van der Waals surface area (Å²) >= 11 is 0. The van der Waals surface area contributed by atoms with Crippen molar-refractivity contribution >= 4 is 5.97 Å². The van der Waals surface area contributed by atoms with Crippen molar-refractivity contribution in [2.24, 2.45) is 11.8 Å². The monoisotopic (exact) mass is 227 g/mol. The van der Waals surface area contributed by atoms with Crippen LogP contribution in [0, 0.1) is 11.8 Å². The van der Waals surface area contributed by atoms with E-state index in [4.69, 9.17) is 4.74 Å². The summed E-state index contributed by atoms with van der Waals surface area (Å²) < 4.78 is 5.12. The molecule has 2 aliphatic rings. The average Bonchev–Trinajstić information content (AvgIpc) is 2.67. The van der Waals surface area contributed by atoms with Gasteiger partial charge in [-0.15, -0.1) is 0 Å². The van der Waals surface area contributed by atoms with Gasteiger partial charge in [0, 0.05) is 19.0 Å². The number of carbonyl (C=O) groups is 1. The standard InChI is InChI=1S/C12H21NO3/c1-8(2)16-12(15)7-13-5-9-3-4-11(14)10(9)6-13/h8-11,14H,3-7H2,1-2H3. The number of esters is 1.